The van der Waals surface area contributed by atoms with Crippen molar-refractivity contribution in [2.45, 2.75) is 26.8 Å². The van der Waals surface area contributed by atoms with E-state index in [1.54, 1.807) is 7.11 Å². The summed E-state index contributed by atoms with van der Waals surface area (Å²) in [6.07, 6.45) is 0.766. The van der Waals surface area contributed by atoms with Crippen LogP contribution < -0.4 is 15.8 Å². The summed E-state index contributed by atoms with van der Waals surface area (Å²) >= 11 is 0. The molecule has 1 heterocycles. The molecule has 0 aliphatic rings. The van der Waals surface area contributed by atoms with E-state index in [-0.39, 0.29) is 0 Å². The molecular weight excluding hydrogens is 252 g/mol. The van der Waals surface area contributed by atoms with Gasteiger partial charge in [-0.05, 0) is 24.6 Å². The highest BCUT2D eigenvalue weighted by molar-refractivity contribution is 5.55. The summed E-state index contributed by atoms with van der Waals surface area (Å²) < 4.78 is 5.14. The van der Waals surface area contributed by atoms with Gasteiger partial charge in [-0.2, -0.15) is 0 Å². The number of hydrogen-bond donors (Lipinski definition) is 2. The van der Waals surface area contributed by atoms with Gasteiger partial charge in [0.15, 0.2) is 0 Å². The molecule has 0 saturated carbocycles. The summed E-state index contributed by atoms with van der Waals surface area (Å²) in [6.45, 7) is 4.62. The second kappa shape index (κ2) is 6.23. The molecule has 0 aliphatic carbocycles. The van der Waals surface area contributed by atoms with Crippen LogP contribution in [0.4, 0.5) is 11.6 Å². The second-order valence-electron chi connectivity index (χ2n) is 4.55. The number of anilines is 2. The molecule has 0 saturated heterocycles. The monoisotopic (exact) mass is 272 g/mol. The van der Waals surface area contributed by atoms with E-state index in [1.807, 2.05) is 38.1 Å². The molecule has 0 atom stereocenters. The predicted octanol–water partition coefficient (Wildman–Crippen LogP) is 2.55. The molecule has 0 radical (unpaired) electrons. The van der Waals surface area contributed by atoms with Crippen molar-refractivity contribution < 1.29 is 4.74 Å². The Bertz CT molecular complexity index is 581. The van der Waals surface area contributed by atoms with Crippen molar-refractivity contribution in [3.05, 3.63) is 41.2 Å². The number of nitrogens with zero attached hydrogens (tertiary/aromatic N) is 2. The predicted molar refractivity (Wildman–Crippen MR) is 80.9 cm³/mol. The highest BCUT2D eigenvalue weighted by Gasteiger charge is 2.07. The minimum Gasteiger partial charge on any atom is -0.497 e. The van der Waals surface area contributed by atoms with Gasteiger partial charge in [-0.3, -0.25) is 0 Å². The summed E-state index contributed by atoms with van der Waals surface area (Å²) in [4.78, 5) is 8.71. The van der Waals surface area contributed by atoms with Gasteiger partial charge in [-0.25, -0.2) is 9.97 Å². The standard InChI is InChI=1S/C15H20N4O/c1-4-13-18-14(16)10(2)15(19-13)17-9-11-5-7-12(20-3)8-6-11/h5-8H,4,9H2,1-3H3,(H3,16,17,18,19). The third-order valence-electron chi connectivity index (χ3n) is 3.17. The van der Waals surface area contributed by atoms with Gasteiger partial charge >= 0.3 is 0 Å². The molecule has 3 N–H and O–H groups in total. The normalized spacial score (nSPS) is 10.3. The molecule has 2 rings (SSSR count). The van der Waals surface area contributed by atoms with E-state index in [0.29, 0.717) is 12.4 Å². The summed E-state index contributed by atoms with van der Waals surface area (Å²) in [5.41, 5.74) is 7.93. The highest BCUT2D eigenvalue weighted by atomic mass is 16.5. The van der Waals surface area contributed by atoms with Crippen molar-refractivity contribution in [1.29, 1.82) is 0 Å². The number of ether oxygens (including phenoxy) is 1. The fourth-order valence-corrected chi connectivity index (χ4v) is 1.84. The molecule has 0 fully saturated rings. The SMILES string of the molecule is CCc1nc(N)c(C)c(NCc2ccc(OC)cc2)n1. The molecule has 0 bridgehead atoms. The zero-order valence-electron chi connectivity index (χ0n) is 12.1. The van der Waals surface area contributed by atoms with Gasteiger partial charge in [0.25, 0.3) is 0 Å². The molecule has 106 valence electrons. The van der Waals surface area contributed by atoms with Crippen LogP contribution in [0.5, 0.6) is 5.75 Å². The van der Waals surface area contributed by atoms with Gasteiger partial charge < -0.3 is 15.8 Å². The number of methoxy groups -OCH3 is 1. The lowest BCUT2D eigenvalue weighted by molar-refractivity contribution is 0.414. The van der Waals surface area contributed by atoms with Crippen molar-refractivity contribution in [3.8, 4) is 5.75 Å². The number of nitrogen functional groups attached to an aromatic ring is 1. The van der Waals surface area contributed by atoms with E-state index in [0.717, 1.165) is 34.9 Å². The molecule has 2 aromatic rings. The number of nitrogens with two attached hydrogens (primary N) is 1. The van der Waals surface area contributed by atoms with Gasteiger partial charge in [0, 0.05) is 18.5 Å². The minimum absolute atomic E-state index is 0.536. The van der Waals surface area contributed by atoms with Crippen LogP contribution in [0.1, 0.15) is 23.9 Å². The van der Waals surface area contributed by atoms with Crippen LogP contribution in [-0.2, 0) is 13.0 Å². The van der Waals surface area contributed by atoms with Gasteiger partial charge in [-0.15, -0.1) is 0 Å². The van der Waals surface area contributed by atoms with Crippen LogP contribution in [0.15, 0.2) is 24.3 Å². The van der Waals surface area contributed by atoms with E-state index in [4.69, 9.17) is 10.5 Å². The first kappa shape index (κ1) is 14.1. The zero-order chi connectivity index (χ0) is 14.5. The van der Waals surface area contributed by atoms with E-state index in [2.05, 4.69) is 15.3 Å². The maximum Gasteiger partial charge on any atom is 0.135 e. The fraction of sp³-hybridized carbons (Fsp3) is 0.333. The summed E-state index contributed by atoms with van der Waals surface area (Å²) in [7, 11) is 1.66. The van der Waals surface area contributed by atoms with Crippen LogP contribution in [0.25, 0.3) is 0 Å². The molecule has 1 aromatic heterocycles. The molecule has 1 aromatic carbocycles. The third kappa shape index (κ3) is 3.17. The van der Waals surface area contributed by atoms with Gasteiger partial charge in [0.1, 0.15) is 23.2 Å². The average molecular weight is 272 g/mol. The summed E-state index contributed by atoms with van der Waals surface area (Å²) in [6, 6.07) is 7.92. The average Bonchev–Trinajstić information content (AvgIpc) is 2.49. The van der Waals surface area contributed by atoms with Crippen molar-refractivity contribution in [2.24, 2.45) is 0 Å². The Morgan fingerprint density at radius 3 is 2.50 bits per heavy atom. The van der Waals surface area contributed by atoms with Crippen molar-refractivity contribution >= 4 is 11.6 Å². The second-order valence-corrected chi connectivity index (χ2v) is 4.55. The number of aryl methyl sites for hydroxylation is 1. The van der Waals surface area contributed by atoms with Gasteiger partial charge in [-0.1, -0.05) is 19.1 Å². The maximum atomic E-state index is 5.90. The first-order valence-electron chi connectivity index (χ1n) is 6.63. The zero-order valence-corrected chi connectivity index (χ0v) is 12.1. The quantitative estimate of drug-likeness (QED) is 0.875. The lowest BCUT2D eigenvalue weighted by Gasteiger charge is -2.11. The van der Waals surface area contributed by atoms with E-state index in [1.165, 1.54) is 0 Å². The third-order valence-corrected chi connectivity index (χ3v) is 3.17. The molecule has 20 heavy (non-hydrogen) atoms. The number of benzene rings is 1. The number of aromatic nitrogens is 2. The fourth-order valence-electron chi connectivity index (χ4n) is 1.84. The van der Waals surface area contributed by atoms with Crippen LogP contribution in [0, 0.1) is 6.92 Å². The number of rotatable bonds is 5. The molecule has 0 unspecified atom stereocenters. The van der Waals surface area contributed by atoms with Crippen LogP contribution in [-0.4, -0.2) is 17.1 Å². The molecule has 0 amide bonds. The first-order valence-corrected chi connectivity index (χ1v) is 6.63. The summed E-state index contributed by atoms with van der Waals surface area (Å²) in [5.74, 6) is 2.94. The van der Waals surface area contributed by atoms with Crippen molar-refractivity contribution in [2.75, 3.05) is 18.2 Å². The Kier molecular flexibility index (Phi) is 4.40. The van der Waals surface area contributed by atoms with Crippen LogP contribution >= 0.6 is 0 Å². The summed E-state index contributed by atoms with van der Waals surface area (Å²) in [5, 5.41) is 3.31. The smallest absolute Gasteiger partial charge is 0.135 e. The van der Waals surface area contributed by atoms with Gasteiger partial charge in [0.05, 0.1) is 7.11 Å². The lowest BCUT2D eigenvalue weighted by Crippen LogP contribution is -2.09. The van der Waals surface area contributed by atoms with Gasteiger partial charge in [0.2, 0.25) is 0 Å². The Morgan fingerprint density at radius 1 is 1.20 bits per heavy atom. The largest absolute Gasteiger partial charge is 0.497 e. The molecule has 5 heteroatoms. The topological polar surface area (TPSA) is 73.1 Å². The molecule has 0 aliphatic heterocycles. The van der Waals surface area contributed by atoms with E-state index < -0.39 is 0 Å². The van der Waals surface area contributed by atoms with E-state index in [9.17, 15) is 0 Å². The number of nitrogens with one attached hydrogen (secondary N) is 1. The Labute approximate surface area is 119 Å². The van der Waals surface area contributed by atoms with E-state index >= 15 is 0 Å². The Hall–Kier alpha value is -2.30. The van der Waals surface area contributed by atoms with Crippen LogP contribution in [0.3, 0.4) is 0 Å². The molecule has 0 spiro atoms. The van der Waals surface area contributed by atoms with Crippen molar-refractivity contribution in [1.82, 2.24) is 9.97 Å². The molecule has 5 nitrogen and oxygen atoms in total. The van der Waals surface area contributed by atoms with Crippen molar-refractivity contribution in [3.63, 3.8) is 0 Å². The Balaban J connectivity index is 2.11. The highest BCUT2D eigenvalue weighted by Crippen LogP contribution is 2.19. The Morgan fingerprint density at radius 2 is 1.90 bits per heavy atom. The number of hydrogen-bond acceptors (Lipinski definition) is 5. The minimum atomic E-state index is 0.536. The lowest BCUT2D eigenvalue weighted by atomic mass is 10.2. The maximum absolute atomic E-state index is 5.90. The first-order chi connectivity index (χ1) is 9.63. The molecular formula is C15H20N4O. The van der Waals surface area contributed by atoms with Crippen LogP contribution in [0.2, 0.25) is 0 Å².